The molecule has 1 unspecified atom stereocenters. The van der Waals surface area contributed by atoms with E-state index < -0.39 is 6.04 Å². The van der Waals surface area contributed by atoms with Crippen molar-refractivity contribution in [2.75, 3.05) is 5.32 Å². The third-order valence-electron chi connectivity index (χ3n) is 4.61. The Balaban J connectivity index is 1.46. The Kier molecular flexibility index (Phi) is 6.24. The number of ether oxygens (including phenoxy) is 1. The molecule has 2 N–H and O–H groups in total. The van der Waals surface area contributed by atoms with E-state index in [1.54, 1.807) is 47.9 Å². The summed E-state index contributed by atoms with van der Waals surface area (Å²) in [6.45, 7) is 1.99. The highest BCUT2D eigenvalue weighted by Crippen LogP contribution is 2.26. The quantitative estimate of drug-likeness (QED) is 0.357. The molecule has 1 atom stereocenters. The van der Waals surface area contributed by atoms with Crippen LogP contribution in [0.3, 0.4) is 0 Å². The zero-order valence-corrected chi connectivity index (χ0v) is 18.2. The Labute approximate surface area is 187 Å². The Hall–Kier alpha value is -3.30. The van der Waals surface area contributed by atoms with Crippen LogP contribution in [0.1, 0.15) is 18.5 Å². The highest BCUT2D eigenvalue weighted by Gasteiger charge is 2.21. The molecule has 2 heterocycles. The van der Waals surface area contributed by atoms with Gasteiger partial charge in [-0.25, -0.2) is 4.39 Å². The Morgan fingerprint density at radius 1 is 1.26 bits per heavy atom. The number of thiophene rings is 1. The number of hydrogen-bond acceptors (Lipinski definition) is 5. The summed E-state index contributed by atoms with van der Waals surface area (Å²) in [6, 6.07) is 16.5. The van der Waals surface area contributed by atoms with Gasteiger partial charge in [0.05, 0.1) is 4.88 Å². The largest absolute Gasteiger partial charge is 0.489 e. The molecule has 4 rings (SSSR count). The lowest BCUT2D eigenvalue weighted by atomic mass is 10.2. The van der Waals surface area contributed by atoms with Crippen LogP contribution in [0.5, 0.6) is 5.75 Å². The van der Waals surface area contributed by atoms with Crippen LogP contribution in [0, 0.1) is 10.6 Å². The number of nitrogens with zero attached hydrogens (tertiary/aromatic N) is 2. The molecule has 2 aromatic carbocycles. The molecule has 4 aromatic rings. The first-order valence-corrected chi connectivity index (χ1v) is 10.8. The van der Waals surface area contributed by atoms with E-state index in [4.69, 9.17) is 17.0 Å². The van der Waals surface area contributed by atoms with Gasteiger partial charge in [0.25, 0.3) is 0 Å². The van der Waals surface area contributed by atoms with Crippen LogP contribution in [-0.2, 0) is 11.4 Å². The van der Waals surface area contributed by atoms with Gasteiger partial charge in [-0.2, -0.15) is 5.10 Å². The van der Waals surface area contributed by atoms with Gasteiger partial charge < -0.3 is 10.1 Å². The zero-order chi connectivity index (χ0) is 21.8. The summed E-state index contributed by atoms with van der Waals surface area (Å²) in [4.78, 5) is 13.8. The molecule has 0 aliphatic rings. The van der Waals surface area contributed by atoms with E-state index in [1.807, 2.05) is 17.5 Å². The van der Waals surface area contributed by atoms with Crippen LogP contribution in [0.4, 0.5) is 10.1 Å². The molecular formula is C22H19FN4O2S2. The average Bonchev–Trinajstić information content (AvgIpc) is 3.42. The summed E-state index contributed by atoms with van der Waals surface area (Å²) in [5, 5.41) is 11.9. The number of anilines is 1. The van der Waals surface area contributed by atoms with E-state index in [2.05, 4.69) is 15.5 Å². The number of benzene rings is 2. The predicted octanol–water partition coefficient (Wildman–Crippen LogP) is 5.59. The maximum absolute atomic E-state index is 13.3. The lowest BCUT2D eigenvalue weighted by Gasteiger charge is -2.16. The minimum Gasteiger partial charge on any atom is -0.489 e. The fourth-order valence-corrected chi connectivity index (χ4v) is 4.07. The lowest BCUT2D eigenvalue weighted by Crippen LogP contribution is -2.24. The molecular weight excluding hydrogens is 435 g/mol. The van der Waals surface area contributed by atoms with Gasteiger partial charge in [-0.3, -0.25) is 14.5 Å². The van der Waals surface area contributed by atoms with E-state index >= 15 is 0 Å². The molecule has 158 valence electrons. The molecule has 31 heavy (non-hydrogen) atoms. The number of amides is 1. The van der Waals surface area contributed by atoms with Crippen LogP contribution in [0.2, 0.25) is 0 Å². The number of aromatic amines is 1. The number of nitrogens with one attached hydrogen (secondary N) is 2. The van der Waals surface area contributed by atoms with Gasteiger partial charge in [-0.05, 0) is 60.4 Å². The number of carbonyl (C=O) groups excluding carboxylic acids is 1. The second kappa shape index (κ2) is 9.23. The highest BCUT2D eigenvalue weighted by atomic mass is 32.1. The molecule has 6 nitrogen and oxygen atoms in total. The molecule has 0 saturated carbocycles. The topological polar surface area (TPSA) is 71.9 Å². The maximum Gasteiger partial charge on any atom is 0.247 e. The maximum atomic E-state index is 13.3. The second-order valence-corrected chi connectivity index (χ2v) is 8.15. The first-order valence-electron chi connectivity index (χ1n) is 9.50. The molecule has 0 radical (unpaired) electrons. The van der Waals surface area contributed by atoms with E-state index in [1.165, 1.54) is 23.5 Å². The van der Waals surface area contributed by atoms with Crippen LogP contribution >= 0.6 is 23.6 Å². The number of hydrogen-bond donors (Lipinski definition) is 2. The van der Waals surface area contributed by atoms with Crippen molar-refractivity contribution in [3.63, 3.8) is 0 Å². The zero-order valence-electron chi connectivity index (χ0n) is 16.5. The summed E-state index contributed by atoms with van der Waals surface area (Å²) in [5.41, 5.74) is 1.31. The van der Waals surface area contributed by atoms with E-state index in [0.717, 1.165) is 10.4 Å². The fourth-order valence-electron chi connectivity index (χ4n) is 3.06. The van der Waals surface area contributed by atoms with Crippen molar-refractivity contribution >= 4 is 35.1 Å². The van der Waals surface area contributed by atoms with Gasteiger partial charge in [0.1, 0.15) is 24.2 Å². The molecule has 0 aliphatic heterocycles. The standard InChI is InChI=1S/C22H19FN4O2S2/c1-14(27-20(25-26-22(27)30)19-9-4-10-31-19)21(28)24-17-7-3-8-18(12-17)29-13-15-5-2-6-16(23)11-15/h2-12,14H,13H2,1H3,(H,24,28)(H,26,30). The summed E-state index contributed by atoms with van der Waals surface area (Å²) >= 11 is 6.86. The predicted molar refractivity (Wildman–Crippen MR) is 121 cm³/mol. The van der Waals surface area contributed by atoms with E-state index in [-0.39, 0.29) is 18.3 Å². The highest BCUT2D eigenvalue weighted by molar-refractivity contribution is 7.71. The Morgan fingerprint density at radius 2 is 2.10 bits per heavy atom. The van der Waals surface area contributed by atoms with E-state index in [0.29, 0.717) is 22.0 Å². The fraction of sp³-hybridized carbons (Fsp3) is 0.136. The first-order chi connectivity index (χ1) is 15.0. The SMILES string of the molecule is CC(C(=O)Nc1cccc(OCc2cccc(F)c2)c1)n1c(-c2cccs2)n[nH]c1=S. The monoisotopic (exact) mass is 454 g/mol. The van der Waals surface area contributed by atoms with Crippen molar-refractivity contribution in [2.45, 2.75) is 19.6 Å². The van der Waals surface area contributed by atoms with Crippen LogP contribution < -0.4 is 10.1 Å². The lowest BCUT2D eigenvalue weighted by molar-refractivity contribution is -0.118. The van der Waals surface area contributed by atoms with Gasteiger partial charge in [0.15, 0.2) is 10.6 Å². The summed E-state index contributed by atoms with van der Waals surface area (Å²) in [5.74, 6) is 0.636. The third-order valence-corrected chi connectivity index (χ3v) is 5.76. The van der Waals surface area contributed by atoms with Crippen LogP contribution in [-0.4, -0.2) is 20.7 Å². The van der Waals surface area contributed by atoms with Crippen molar-refractivity contribution in [1.82, 2.24) is 14.8 Å². The first kappa shape index (κ1) is 21.0. The molecule has 2 aromatic heterocycles. The molecule has 0 aliphatic carbocycles. The molecule has 1 amide bonds. The third kappa shape index (κ3) is 4.89. The van der Waals surface area contributed by atoms with E-state index in [9.17, 15) is 9.18 Å². The Bertz CT molecular complexity index is 1250. The van der Waals surface area contributed by atoms with Gasteiger partial charge in [-0.1, -0.05) is 24.3 Å². The van der Waals surface area contributed by atoms with Gasteiger partial charge in [0.2, 0.25) is 5.91 Å². The van der Waals surface area contributed by atoms with Crippen molar-refractivity contribution in [2.24, 2.45) is 0 Å². The molecule has 0 spiro atoms. The van der Waals surface area contributed by atoms with Gasteiger partial charge >= 0.3 is 0 Å². The van der Waals surface area contributed by atoms with Gasteiger partial charge in [-0.15, -0.1) is 11.3 Å². The smallest absolute Gasteiger partial charge is 0.247 e. The van der Waals surface area contributed by atoms with Gasteiger partial charge in [0, 0.05) is 11.8 Å². The molecule has 0 bridgehead atoms. The Morgan fingerprint density at radius 3 is 2.87 bits per heavy atom. The minimum absolute atomic E-state index is 0.222. The van der Waals surface area contributed by atoms with Crippen LogP contribution in [0.25, 0.3) is 10.7 Å². The van der Waals surface area contributed by atoms with Crippen LogP contribution in [0.15, 0.2) is 66.0 Å². The number of carbonyl (C=O) groups is 1. The normalized spacial score (nSPS) is 11.8. The number of H-pyrrole nitrogens is 1. The summed E-state index contributed by atoms with van der Waals surface area (Å²) < 4.78 is 21.1. The summed E-state index contributed by atoms with van der Waals surface area (Å²) in [6.07, 6.45) is 0. The minimum atomic E-state index is -0.583. The average molecular weight is 455 g/mol. The summed E-state index contributed by atoms with van der Waals surface area (Å²) in [7, 11) is 0. The number of halogens is 1. The van der Waals surface area contributed by atoms with Crippen molar-refractivity contribution in [3.8, 4) is 16.5 Å². The van der Waals surface area contributed by atoms with Crippen molar-refractivity contribution in [3.05, 3.63) is 82.2 Å². The molecule has 0 saturated heterocycles. The molecule has 0 fully saturated rings. The number of rotatable bonds is 7. The number of aromatic nitrogens is 3. The second-order valence-electron chi connectivity index (χ2n) is 6.81. The van der Waals surface area contributed by atoms with Crippen molar-refractivity contribution < 1.29 is 13.9 Å². The molecule has 9 heteroatoms. The van der Waals surface area contributed by atoms with Crippen molar-refractivity contribution in [1.29, 1.82) is 0 Å².